The molecule has 1 aliphatic rings. The fourth-order valence-electron chi connectivity index (χ4n) is 2.19. The highest BCUT2D eigenvalue weighted by Crippen LogP contribution is 2.38. The Hall–Kier alpha value is -1.53. The molecule has 1 N–H and O–H groups in total. The number of para-hydroxylation sites is 2. The van der Waals surface area contributed by atoms with Gasteiger partial charge in [-0.2, -0.15) is 0 Å². The van der Waals surface area contributed by atoms with E-state index in [0.717, 1.165) is 0 Å². The summed E-state index contributed by atoms with van der Waals surface area (Å²) in [5.41, 5.74) is 0.580. The van der Waals surface area contributed by atoms with Gasteiger partial charge in [0.15, 0.2) is 8.32 Å². The maximum absolute atomic E-state index is 11.6. The zero-order valence-corrected chi connectivity index (χ0v) is 14.9. The third-order valence-corrected chi connectivity index (χ3v) is 9.00. The molecule has 122 valence electrons. The van der Waals surface area contributed by atoms with Crippen LogP contribution in [0.4, 0.5) is 10.5 Å². The number of hydrogen-bond donors (Lipinski definition) is 1. The number of hydrogen-bond acceptors (Lipinski definition) is 3. The van der Waals surface area contributed by atoms with Crippen molar-refractivity contribution in [3.63, 3.8) is 0 Å². The van der Waals surface area contributed by atoms with Gasteiger partial charge in [-0.25, -0.2) is 4.79 Å². The predicted octanol–water partition coefficient (Wildman–Crippen LogP) is 3.95. The second-order valence-corrected chi connectivity index (χ2v) is 11.9. The number of nitrogens with zero attached hydrogens (tertiary/aromatic N) is 1. The average Bonchev–Trinajstić information content (AvgIpc) is 2.57. The number of carboxylic acid groups (broad SMARTS) is 1. The quantitative estimate of drug-likeness (QED) is 0.837. The number of benzene rings is 1. The van der Waals surface area contributed by atoms with Gasteiger partial charge in [-0.15, -0.1) is 0 Å². The Labute approximate surface area is 133 Å². The highest BCUT2D eigenvalue weighted by Gasteiger charge is 2.40. The van der Waals surface area contributed by atoms with Crippen LogP contribution in [-0.4, -0.2) is 38.8 Å². The molecule has 1 amide bonds. The molecule has 0 bridgehead atoms. The Balaban J connectivity index is 2.24. The number of carbonyl (C=O) groups is 1. The molecule has 1 aromatic rings. The first-order valence-electron chi connectivity index (χ1n) is 7.52. The van der Waals surface area contributed by atoms with Crippen LogP contribution in [0.2, 0.25) is 18.1 Å². The van der Waals surface area contributed by atoms with Crippen LogP contribution in [0.25, 0.3) is 0 Å². The Morgan fingerprint density at radius 3 is 2.59 bits per heavy atom. The molecule has 0 saturated heterocycles. The Bertz CT molecular complexity index is 553. The minimum atomic E-state index is -1.98. The van der Waals surface area contributed by atoms with Crippen LogP contribution in [0.15, 0.2) is 24.3 Å². The lowest BCUT2D eigenvalue weighted by atomic mass is 10.2. The highest BCUT2D eigenvalue weighted by molar-refractivity contribution is 6.74. The van der Waals surface area contributed by atoms with E-state index in [2.05, 4.69) is 33.9 Å². The van der Waals surface area contributed by atoms with Crippen LogP contribution in [0.1, 0.15) is 20.8 Å². The maximum Gasteiger partial charge on any atom is 0.412 e. The molecule has 1 aliphatic heterocycles. The molecule has 1 atom stereocenters. The molecule has 1 aromatic carbocycles. The van der Waals surface area contributed by atoms with Gasteiger partial charge >= 0.3 is 6.09 Å². The van der Waals surface area contributed by atoms with Gasteiger partial charge < -0.3 is 14.3 Å². The highest BCUT2D eigenvalue weighted by atomic mass is 28.4. The summed E-state index contributed by atoms with van der Waals surface area (Å²) in [6.07, 6.45) is -1.24. The monoisotopic (exact) mass is 323 g/mol. The lowest BCUT2D eigenvalue weighted by Crippen LogP contribution is -2.48. The lowest BCUT2D eigenvalue weighted by molar-refractivity contribution is 0.124. The van der Waals surface area contributed by atoms with E-state index in [1.165, 1.54) is 4.90 Å². The van der Waals surface area contributed by atoms with E-state index >= 15 is 0 Å². The molecule has 1 heterocycles. The number of amides is 1. The number of ether oxygens (including phenoxy) is 1. The summed E-state index contributed by atoms with van der Waals surface area (Å²) in [5.74, 6) is 0.589. The number of fused-ring (bicyclic) bond motifs is 1. The summed E-state index contributed by atoms with van der Waals surface area (Å²) in [7, 11) is -1.98. The SMILES string of the molecule is CC(C)(C)[Si](C)(C)OC1COc2ccccc2N(C(=O)O)C1. The maximum atomic E-state index is 11.6. The lowest BCUT2D eigenvalue weighted by Gasteiger charge is -2.39. The molecule has 0 aromatic heterocycles. The minimum absolute atomic E-state index is 0.0697. The third-order valence-electron chi connectivity index (χ3n) is 4.47. The van der Waals surface area contributed by atoms with Crippen molar-refractivity contribution in [2.24, 2.45) is 0 Å². The first-order chi connectivity index (χ1) is 10.1. The summed E-state index contributed by atoms with van der Waals surface area (Å²) in [6.45, 7) is 11.5. The zero-order valence-electron chi connectivity index (χ0n) is 13.9. The largest absolute Gasteiger partial charge is 0.489 e. The van der Waals surface area contributed by atoms with Gasteiger partial charge in [0.1, 0.15) is 12.4 Å². The van der Waals surface area contributed by atoms with Crippen molar-refractivity contribution < 1.29 is 19.1 Å². The van der Waals surface area contributed by atoms with Crippen molar-refractivity contribution in [3.8, 4) is 5.75 Å². The summed E-state index contributed by atoms with van der Waals surface area (Å²) >= 11 is 0. The van der Waals surface area contributed by atoms with Gasteiger partial charge in [-0.3, -0.25) is 4.90 Å². The summed E-state index contributed by atoms with van der Waals surface area (Å²) < 4.78 is 12.1. The van der Waals surface area contributed by atoms with Gasteiger partial charge in [-0.05, 0) is 30.3 Å². The van der Waals surface area contributed by atoms with Gasteiger partial charge in [0, 0.05) is 0 Å². The first kappa shape index (κ1) is 16.8. The molecule has 2 rings (SSSR count). The van der Waals surface area contributed by atoms with Crippen LogP contribution < -0.4 is 9.64 Å². The Morgan fingerprint density at radius 2 is 2.00 bits per heavy atom. The fraction of sp³-hybridized carbons (Fsp3) is 0.562. The van der Waals surface area contributed by atoms with Crippen molar-refractivity contribution in [3.05, 3.63) is 24.3 Å². The standard InChI is InChI=1S/C16H25NO4Si/c1-16(2,3)22(4,5)21-12-10-17(15(18)19)13-8-6-7-9-14(13)20-11-12/h6-9,12H,10-11H2,1-5H3,(H,18,19). The van der Waals surface area contributed by atoms with Crippen molar-refractivity contribution >= 4 is 20.1 Å². The fourth-order valence-corrected chi connectivity index (χ4v) is 3.51. The van der Waals surface area contributed by atoms with Crippen LogP contribution in [0.3, 0.4) is 0 Å². The molecule has 0 fully saturated rings. The topological polar surface area (TPSA) is 59.0 Å². The average molecular weight is 323 g/mol. The molecular formula is C16H25NO4Si. The normalized spacial score (nSPS) is 19.1. The zero-order chi connectivity index (χ0) is 16.5. The van der Waals surface area contributed by atoms with Crippen LogP contribution in [-0.2, 0) is 4.43 Å². The van der Waals surface area contributed by atoms with Gasteiger partial charge in [0.05, 0.1) is 18.3 Å². The molecule has 6 heteroatoms. The molecule has 22 heavy (non-hydrogen) atoms. The number of rotatable bonds is 2. The summed E-state index contributed by atoms with van der Waals surface area (Å²) in [4.78, 5) is 12.9. The first-order valence-corrected chi connectivity index (χ1v) is 10.4. The van der Waals surface area contributed by atoms with E-state index in [-0.39, 0.29) is 11.1 Å². The van der Waals surface area contributed by atoms with Crippen molar-refractivity contribution in [1.82, 2.24) is 0 Å². The van der Waals surface area contributed by atoms with Gasteiger partial charge in [0.25, 0.3) is 0 Å². The minimum Gasteiger partial charge on any atom is -0.489 e. The Morgan fingerprint density at radius 1 is 1.36 bits per heavy atom. The molecule has 0 saturated carbocycles. The van der Waals surface area contributed by atoms with E-state index in [9.17, 15) is 9.90 Å². The van der Waals surface area contributed by atoms with Crippen molar-refractivity contribution in [1.29, 1.82) is 0 Å². The summed E-state index contributed by atoms with van der Waals surface area (Å²) in [5, 5.41) is 9.58. The smallest absolute Gasteiger partial charge is 0.412 e. The number of anilines is 1. The summed E-state index contributed by atoms with van der Waals surface area (Å²) in [6, 6.07) is 7.21. The molecule has 0 aliphatic carbocycles. The predicted molar refractivity (Wildman–Crippen MR) is 89.4 cm³/mol. The molecule has 0 spiro atoms. The van der Waals surface area contributed by atoms with Crippen molar-refractivity contribution in [2.75, 3.05) is 18.1 Å². The van der Waals surface area contributed by atoms with Gasteiger partial charge in [0.2, 0.25) is 0 Å². The van der Waals surface area contributed by atoms with E-state index in [4.69, 9.17) is 9.16 Å². The Kier molecular flexibility index (Phi) is 4.53. The van der Waals surface area contributed by atoms with Gasteiger partial charge in [-0.1, -0.05) is 32.9 Å². The van der Waals surface area contributed by atoms with Crippen molar-refractivity contribution in [2.45, 2.75) is 45.0 Å². The second kappa shape index (κ2) is 5.93. The third kappa shape index (κ3) is 3.44. The van der Waals surface area contributed by atoms with E-state index in [0.29, 0.717) is 24.6 Å². The van der Waals surface area contributed by atoms with E-state index in [1.807, 2.05) is 12.1 Å². The van der Waals surface area contributed by atoms with E-state index < -0.39 is 14.4 Å². The molecule has 5 nitrogen and oxygen atoms in total. The van der Waals surface area contributed by atoms with Crippen LogP contribution >= 0.6 is 0 Å². The van der Waals surface area contributed by atoms with E-state index in [1.54, 1.807) is 12.1 Å². The molecular weight excluding hydrogens is 298 g/mol. The molecule has 0 radical (unpaired) electrons. The second-order valence-electron chi connectivity index (χ2n) is 7.17. The van der Waals surface area contributed by atoms with Crippen LogP contribution in [0, 0.1) is 0 Å². The molecule has 1 unspecified atom stereocenters. The van der Waals surface area contributed by atoms with Crippen LogP contribution in [0.5, 0.6) is 5.75 Å².